The number of nitrogens with zero attached hydrogens (tertiary/aromatic N) is 1. The number of benzene rings is 1. The van der Waals surface area contributed by atoms with Gasteiger partial charge in [-0.2, -0.15) is 0 Å². The van der Waals surface area contributed by atoms with Gasteiger partial charge in [0.15, 0.2) is 6.61 Å². The molecule has 1 aromatic carbocycles. The van der Waals surface area contributed by atoms with Gasteiger partial charge in [0.25, 0.3) is 5.91 Å². The Kier molecular flexibility index (Phi) is 6.03. The lowest BCUT2D eigenvalue weighted by Crippen LogP contribution is -2.35. The molecule has 0 unspecified atom stereocenters. The van der Waals surface area contributed by atoms with Crippen LogP contribution in [0.2, 0.25) is 0 Å². The Morgan fingerprint density at radius 2 is 2.05 bits per heavy atom. The minimum absolute atomic E-state index is 0.0817. The summed E-state index contributed by atoms with van der Waals surface area (Å²) in [4.78, 5) is 25.3. The summed E-state index contributed by atoms with van der Waals surface area (Å²) in [6.45, 7) is 3.62. The molecule has 0 spiro atoms. The summed E-state index contributed by atoms with van der Waals surface area (Å²) >= 11 is 0. The quantitative estimate of drug-likeness (QED) is 0.806. The zero-order valence-electron chi connectivity index (χ0n) is 12.5. The molecule has 0 bridgehead atoms. The summed E-state index contributed by atoms with van der Waals surface area (Å²) in [6.07, 6.45) is 0.838. The predicted molar refractivity (Wildman–Crippen MR) is 78.9 cm³/mol. The second-order valence-electron chi connectivity index (χ2n) is 4.90. The Hall–Kier alpha value is -2.04. The molecule has 0 fully saturated rings. The number of hydrogen-bond donors (Lipinski definition) is 1. The number of esters is 1. The minimum Gasteiger partial charge on any atom is -0.452 e. The number of amides is 1. The standard InChI is InChI=1S/C15H22N2O3/c1-5-11(2)16-14(18)10-20-15(19)12-7-6-8-13(9-12)17(3)4/h6-9,11H,5,10H2,1-4H3,(H,16,18)/t11-/m1/s1. The molecule has 0 heterocycles. The number of nitrogens with one attached hydrogen (secondary N) is 1. The van der Waals surface area contributed by atoms with E-state index in [4.69, 9.17) is 4.74 Å². The van der Waals surface area contributed by atoms with Crippen LogP contribution in [0.4, 0.5) is 5.69 Å². The van der Waals surface area contributed by atoms with Crippen molar-refractivity contribution in [3.05, 3.63) is 29.8 Å². The lowest BCUT2D eigenvalue weighted by Gasteiger charge is -2.14. The molecular formula is C15H22N2O3. The van der Waals surface area contributed by atoms with Gasteiger partial charge >= 0.3 is 5.97 Å². The predicted octanol–water partition coefficient (Wildman–Crippen LogP) is 1.82. The molecule has 1 N–H and O–H groups in total. The Morgan fingerprint density at radius 3 is 2.65 bits per heavy atom. The van der Waals surface area contributed by atoms with Gasteiger partial charge in [0.05, 0.1) is 5.56 Å². The van der Waals surface area contributed by atoms with Gasteiger partial charge in [0.1, 0.15) is 0 Å². The molecular weight excluding hydrogens is 256 g/mol. The molecule has 0 aliphatic heterocycles. The van der Waals surface area contributed by atoms with Crippen LogP contribution in [-0.2, 0) is 9.53 Å². The van der Waals surface area contributed by atoms with Crippen molar-refractivity contribution in [2.24, 2.45) is 0 Å². The van der Waals surface area contributed by atoms with Crippen LogP contribution in [0, 0.1) is 0 Å². The molecule has 0 aliphatic carbocycles. The number of hydrogen-bond acceptors (Lipinski definition) is 4. The van der Waals surface area contributed by atoms with Crippen molar-refractivity contribution in [2.45, 2.75) is 26.3 Å². The van der Waals surface area contributed by atoms with Crippen LogP contribution in [0.1, 0.15) is 30.6 Å². The minimum atomic E-state index is -0.493. The molecule has 1 atom stereocenters. The van der Waals surface area contributed by atoms with Crippen LogP contribution in [0.25, 0.3) is 0 Å². The first-order valence-corrected chi connectivity index (χ1v) is 6.68. The number of carbonyl (C=O) groups is 2. The molecule has 0 aromatic heterocycles. The number of carbonyl (C=O) groups excluding carboxylic acids is 2. The number of ether oxygens (including phenoxy) is 1. The van der Waals surface area contributed by atoms with E-state index in [2.05, 4.69) is 5.32 Å². The van der Waals surface area contributed by atoms with Crippen LogP contribution >= 0.6 is 0 Å². The average Bonchev–Trinajstić information content (AvgIpc) is 2.44. The number of rotatable bonds is 6. The Bertz CT molecular complexity index is 472. The second-order valence-corrected chi connectivity index (χ2v) is 4.90. The summed E-state index contributed by atoms with van der Waals surface area (Å²) in [6, 6.07) is 7.16. The van der Waals surface area contributed by atoms with Crippen LogP contribution in [0.15, 0.2) is 24.3 Å². The van der Waals surface area contributed by atoms with E-state index in [0.29, 0.717) is 5.56 Å². The lowest BCUT2D eigenvalue weighted by molar-refractivity contribution is -0.124. The molecule has 5 nitrogen and oxygen atoms in total. The van der Waals surface area contributed by atoms with E-state index in [1.54, 1.807) is 18.2 Å². The highest BCUT2D eigenvalue weighted by molar-refractivity contribution is 5.92. The summed E-state index contributed by atoms with van der Waals surface area (Å²) in [5.41, 5.74) is 1.34. The molecule has 1 aromatic rings. The summed E-state index contributed by atoms with van der Waals surface area (Å²) in [7, 11) is 3.79. The summed E-state index contributed by atoms with van der Waals surface area (Å²) in [5.74, 6) is -0.774. The van der Waals surface area contributed by atoms with Gasteiger partial charge in [0, 0.05) is 25.8 Å². The van der Waals surface area contributed by atoms with Gasteiger partial charge in [-0.05, 0) is 31.5 Å². The summed E-state index contributed by atoms with van der Waals surface area (Å²) in [5, 5.41) is 2.74. The molecule has 0 saturated heterocycles. The van der Waals surface area contributed by atoms with Crippen molar-refractivity contribution in [1.82, 2.24) is 5.32 Å². The van der Waals surface area contributed by atoms with E-state index in [1.165, 1.54) is 0 Å². The van der Waals surface area contributed by atoms with Gasteiger partial charge in [-0.15, -0.1) is 0 Å². The number of anilines is 1. The van der Waals surface area contributed by atoms with Crippen molar-refractivity contribution < 1.29 is 14.3 Å². The average molecular weight is 278 g/mol. The largest absolute Gasteiger partial charge is 0.452 e. The monoisotopic (exact) mass is 278 g/mol. The Balaban J connectivity index is 2.55. The summed E-state index contributed by atoms with van der Waals surface area (Å²) < 4.78 is 5.00. The van der Waals surface area contributed by atoms with Crippen molar-refractivity contribution in [3.8, 4) is 0 Å². The van der Waals surface area contributed by atoms with E-state index in [9.17, 15) is 9.59 Å². The first-order chi connectivity index (χ1) is 9.43. The second kappa shape index (κ2) is 7.53. The smallest absolute Gasteiger partial charge is 0.338 e. The van der Waals surface area contributed by atoms with Crippen molar-refractivity contribution in [2.75, 3.05) is 25.6 Å². The van der Waals surface area contributed by atoms with Gasteiger partial charge in [-0.1, -0.05) is 13.0 Å². The molecule has 20 heavy (non-hydrogen) atoms. The third kappa shape index (κ3) is 4.91. The third-order valence-corrected chi connectivity index (χ3v) is 2.95. The fraction of sp³-hybridized carbons (Fsp3) is 0.467. The van der Waals surface area contributed by atoms with Crippen molar-refractivity contribution in [3.63, 3.8) is 0 Å². The molecule has 110 valence electrons. The highest BCUT2D eigenvalue weighted by Crippen LogP contribution is 2.14. The van der Waals surface area contributed by atoms with Crippen molar-refractivity contribution >= 4 is 17.6 Å². The van der Waals surface area contributed by atoms with Crippen LogP contribution < -0.4 is 10.2 Å². The first-order valence-electron chi connectivity index (χ1n) is 6.68. The van der Waals surface area contributed by atoms with Crippen LogP contribution in [0.5, 0.6) is 0 Å². The Labute approximate surface area is 119 Å². The molecule has 0 radical (unpaired) electrons. The van der Waals surface area contributed by atoms with Crippen LogP contribution in [-0.4, -0.2) is 38.6 Å². The maximum Gasteiger partial charge on any atom is 0.338 e. The van der Waals surface area contributed by atoms with E-state index in [0.717, 1.165) is 12.1 Å². The maximum atomic E-state index is 11.9. The van der Waals surface area contributed by atoms with Crippen molar-refractivity contribution in [1.29, 1.82) is 0 Å². The zero-order chi connectivity index (χ0) is 15.1. The SMILES string of the molecule is CC[C@@H](C)NC(=O)COC(=O)c1cccc(N(C)C)c1. The van der Waals surface area contributed by atoms with Gasteiger partial charge in [-0.25, -0.2) is 4.79 Å². The highest BCUT2D eigenvalue weighted by atomic mass is 16.5. The topological polar surface area (TPSA) is 58.6 Å². The Morgan fingerprint density at radius 1 is 1.35 bits per heavy atom. The van der Waals surface area contributed by atoms with Crippen LogP contribution in [0.3, 0.4) is 0 Å². The molecule has 1 amide bonds. The fourth-order valence-corrected chi connectivity index (χ4v) is 1.54. The third-order valence-electron chi connectivity index (χ3n) is 2.95. The van der Waals surface area contributed by atoms with E-state index < -0.39 is 5.97 Å². The molecule has 0 saturated carbocycles. The molecule has 1 rings (SSSR count). The maximum absolute atomic E-state index is 11.9. The fourth-order valence-electron chi connectivity index (χ4n) is 1.54. The normalized spacial score (nSPS) is 11.6. The lowest BCUT2D eigenvalue weighted by atomic mass is 10.2. The molecule has 5 heteroatoms. The van der Waals surface area contributed by atoms with Gasteiger partial charge in [-0.3, -0.25) is 4.79 Å². The molecule has 0 aliphatic rings. The first kappa shape index (κ1) is 16.0. The van der Waals surface area contributed by atoms with E-state index in [-0.39, 0.29) is 18.6 Å². The van der Waals surface area contributed by atoms with Gasteiger partial charge < -0.3 is 15.0 Å². The zero-order valence-corrected chi connectivity index (χ0v) is 12.5. The highest BCUT2D eigenvalue weighted by Gasteiger charge is 2.12. The van der Waals surface area contributed by atoms with E-state index >= 15 is 0 Å². The van der Waals surface area contributed by atoms with Gasteiger partial charge in [0.2, 0.25) is 0 Å². The van der Waals surface area contributed by atoms with E-state index in [1.807, 2.05) is 38.9 Å².